The molecule has 1 fully saturated rings. The highest BCUT2D eigenvalue weighted by Gasteiger charge is 2.32. The van der Waals surface area contributed by atoms with Crippen molar-refractivity contribution < 1.29 is 4.52 Å². The van der Waals surface area contributed by atoms with Gasteiger partial charge in [0.25, 0.3) is 0 Å². The molecule has 2 N–H and O–H groups in total. The van der Waals surface area contributed by atoms with E-state index in [2.05, 4.69) is 34.4 Å². The van der Waals surface area contributed by atoms with Crippen LogP contribution in [-0.4, -0.2) is 16.2 Å². The second kappa shape index (κ2) is 4.70. The first-order valence-electron chi connectivity index (χ1n) is 7.47. The standard InChI is InChI=1S/C16H19N3O/c17-14-7-3-6-13(14)16-18-15(19-20-16)12-8-10-4-1-2-5-11(10)9-12/h1-2,4-5,12-14H,3,6-9,17H2. The number of aromatic nitrogens is 2. The molecular formula is C16H19N3O. The maximum atomic E-state index is 6.11. The normalized spacial score (nSPS) is 26.1. The summed E-state index contributed by atoms with van der Waals surface area (Å²) in [6.07, 6.45) is 5.35. The molecule has 4 heteroatoms. The number of nitrogens with zero attached hydrogens (tertiary/aromatic N) is 2. The zero-order valence-electron chi connectivity index (χ0n) is 11.5. The van der Waals surface area contributed by atoms with Crippen LogP contribution in [0.5, 0.6) is 0 Å². The van der Waals surface area contributed by atoms with E-state index in [1.807, 2.05) is 0 Å². The number of nitrogens with two attached hydrogens (primary N) is 1. The summed E-state index contributed by atoms with van der Waals surface area (Å²) in [6.45, 7) is 0. The number of benzene rings is 1. The molecule has 1 saturated carbocycles. The van der Waals surface area contributed by atoms with E-state index < -0.39 is 0 Å². The van der Waals surface area contributed by atoms with Gasteiger partial charge in [0.05, 0.1) is 5.92 Å². The van der Waals surface area contributed by atoms with Gasteiger partial charge in [0.15, 0.2) is 5.82 Å². The van der Waals surface area contributed by atoms with Gasteiger partial charge in [0, 0.05) is 12.0 Å². The molecule has 20 heavy (non-hydrogen) atoms. The topological polar surface area (TPSA) is 64.9 Å². The van der Waals surface area contributed by atoms with E-state index in [9.17, 15) is 0 Å². The van der Waals surface area contributed by atoms with Crippen molar-refractivity contribution in [1.29, 1.82) is 0 Å². The van der Waals surface area contributed by atoms with Gasteiger partial charge in [-0.2, -0.15) is 4.98 Å². The minimum Gasteiger partial charge on any atom is -0.339 e. The molecule has 2 unspecified atom stereocenters. The summed E-state index contributed by atoms with van der Waals surface area (Å²) >= 11 is 0. The fourth-order valence-corrected chi connectivity index (χ4v) is 3.60. The van der Waals surface area contributed by atoms with E-state index in [0.29, 0.717) is 5.92 Å². The van der Waals surface area contributed by atoms with Gasteiger partial charge in [0.1, 0.15) is 0 Å². The maximum Gasteiger partial charge on any atom is 0.231 e. The molecule has 1 heterocycles. The Kier molecular flexibility index (Phi) is 2.84. The highest BCUT2D eigenvalue weighted by Crippen LogP contribution is 2.35. The number of fused-ring (bicyclic) bond motifs is 1. The Balaban J connectivity index is 1.55. The smallest absolute Gasteiger partial charge is 0.231 e. The Labute approximate surface area is 118 Å². The van der Waals surface area contributed by atoms with Crippen LogP contribution in [0.4, 0.5) is 0 Å². The molecule has 2 aromatic rings. The Morgan fingerprint density at radius 2 is 1.85 bits per heavy atom. The van der Waals surface area contributed by atoms with Gasteiger partial charge in [0.2, 0.25) is 5.89 Å². The highest BCUT2D eigenvalue weighted by molar-refractivity contribution is 5.34. The van der Waals surface area contributed by atoms with Crippen molar-refractivity contribution in [3.8, 4) is 0 Å². The lowest BCUT2D eigenvalue weighted by Crippen LogP contribution is -2.23. The van der Waals surface area contributed by atoms with Crippen LogP contribution < -0.4 is 5.73 Å². The lowest BCUT2D eigenvalue weighted by atomic mass is 10.0. The predicted molar refractivity (Wildman–Crippen MR) is 75.5 cm³/mol. The fourth-order valence-electron chi connectivity index (χ4n) is 3.60. The summed E-state index contributed by atoms with van der Waals surface area (Å²) in [5.41, 5.74) is 8.95. The predicted octanol–water partition coefficient (Wildman–Crippen LogP) is 2.55. The first-order valence-corrected chi connectivity index (χ1v) is 7.47. The quantitative estimate of drug-likeness (QED) is 0.910. The molecule has 0 saturated heterocycles. The molecule has 2 aliphatic rings. The lowest BCUT2D eigenvalue weighted by Gasteiger charge is -2.09. The van der Waals surface area contributed by atoms with Crippen molar-refractivity contribution in [3.05, 3.63) is 47.1 Å². The van der Waals surface area contributed by atoms with Crippen molar-refractivity contribution >= 4 is 0 Å². The van der Waals surface area contributed by atoms with Crippen LogP contribution in [0, 0.1) is 0 Å². The van der Waals surface area contributed by atoms with Crippen LogP contribution in [0.3, 0.4) is 0 Å². The minimum absolute atomic E-state index is 0.184. The maximum absolute atomic E-state index is 6.11. The van der Waals surface area contributed by atoms with Crippen LogP contribution in [0.1, 0.15) is 53.9 Å². The molecule has 104 valence electrons. The number of hydrogen-bond donors (Lipinski definition) is 1. The highest BCUT2D eigenvalue weighted by atomic mass is 16.5. The Hall–Kier alpha value is -1.68. The van der Waals surface area contributed by atoms with Crippen molar-refractivity contribution in [2.24, 2.45) is 5.73 Å². The second-order valence-electron chi connectivity index (χ2n) is 6.07. The third-order valence-corrected chi connectivity index (χ3v) is 4.76. The lowest BCUT2D eigenvalue weighted by molar-refractivity contribution is 0.339. The summed E-state index contributed by atoms with van der Waals surface area (Å²) in [6, 6.07) is 8.77. The monoisotopic (exact) mass is 269 g/mol. The zero-order chi connectivity index (χ0) is 13.5. The minimum atomic E-state index is 0.184. The molecule has 1 aromatic carbocycles. The number of rotatable bonds is 2. The van der Waals surface area contributed by atoms with Gasteiger partial charge >= 0.3 is 0 Å². The Morgan fingerprint density at radius 1 is 1.10 bits per heavy atom. The third-order valence-electron chi connectivity index (χ3n) is 4.76. The molecule has 0 amide bonds. The second-order valence-corrected chi connectivity index (χ2v) is 6.07. The molecule has 0 radical (unpaired) electrons. The molecule has 0 bridgehead atoms. The van der Waals surface area contributed by atoms with Crippen LogP contribution in [0.15, 0.2) is 28.8 Å². The molecule has 0 aliphatic heterocycles. The summed E-state index contributed by atoms with van der Waals surface area (Å²) < 4.78 is 5.49. The van der Waals surface area contributed by atoms with Gasteiger partial charge < -0.3 is 10.3 Å². The average Bonchev–Trinajstić information content (AvgIpc) is 3.15. The Morgan fingerprint density at radius 3 is 2.50 bits per heavy atom. The van der Waals surface area contributed by atoms with Crippen LogP contribution in [-0.2, 0) is 12.8 Å². The van der Waals surface area contributed by atoms with Crippen molar-refractivity contribution in [2.75, 3.05) is 0 Å². The molecule has 4 rings (SSSR count). The fraction of sp³-hybridized carbons (Fsp3) is 0.500. The molecule has 2 atom stereocenters. The van der Waals surface area contributed by atoms with Crippen LogP contribution in [0.25, 0.3) is 0 Å². The van der Waals surface area contributed by atoms with Crippen molar-refractivity contribution in [1.82, 2.24) is 10.1 Å². The van der Waals surface area contributed by atoms with E-state index in [1.54, 1.807) is 0 Å². The van der Waals surface area contributed by atoms with E-state index >= 15 is 0 Å². The van der Waals surface area contributed by atoms with E-state index in [-0.39, 0.29) is 12.0 Å². The SMILES string of the molecule is NC1CCCC1c1nc(C2Cc3ccccc3C2)no1. The first kappa shape index (κ1) is 12.1. The summed E-state index contributed by atoms with van der Waals surface area (Å²) in [5, 5.41) is 4.22. The van der Waals surface area contributed by atoms with Crippen molar-refractivity contribution in [2.45, 2.75) is 50.0 Å². The number of hydrogen-bond acceptors (Lipinski definition) is 4. The summed E-state index contributed by atoms with van der Waals surface area (Å²) in [4.78, 5) is 4.65. The largest absolute Gasteiger partial charge is 0.339 e. The average molecular weight is 269 g/mol. The van der Waals surface area contributed by atoms with E-state index in [4.69, 9.17) is 10.3 Å². The van der Waals surface area contributed by atoms with Gasteiger partial charge in [-0.1, -0.05) is 35.8 Å². The summed E-state index contributed by atoms with van der Waals surface area (Å²) in [7, 11) is 0. The molecular weight excluding hydrogens is 250 g/mol. The van der Waals surface area contributed by atoms with Crippen LogP contribution in [0.2, 0.25) is 0 Å². The molecule has 4 nitrogen and oxygen atoms in total. The Bertz CT molecular complexity index is 597. The van der Waals surface area contributed by atoms with E-state index in [1.165, 1.54) is 17.5 Å². The summed E-state index contributed by atoms with van der Waals surface area (Å²) in [5.74, 6) is 2.24. The van der Waals surface area contributed by atoms with Gasteiger partial charge in [-0.05, 0) is 36.8 Å². The van der Waals surface area contributed by atoms with E-state index in [0.717, 1.165) is 37.4 Å². The van der Waals surface area contributed by atoms with Gasteiger partial charge in [-0.25, -0.2) is 0 Å². The van der Waals surface area contributed by atoms with Gasteiger partial charge in [-0.3, -0.25) is 0 Å². The molecule has 2 aliphatic carbocycles. The molecule has 0 spiro atoms. The van der Waals surface area contributed by atoms with Crippen LogP contribution >= 0.6 is 0 Å². The van der Waals surface area contributed by atoms with Crippen molar-refractivity contribution in [3.63, 3.8) is 0 Å². The van der Waals surface area contributed by atoms with Gasteiger partial charge in [-0.15, -0.1) is 0 Å². The third kappa shape index (κ3) is 1.95. The zero-order valence-corrected chi connectivity index (χ0v) is 11.5. The molecule has 1 aromatic heterocycles. The first-order chi connectivity index (χ1) is 9.81.